The molecule has 0 aliphatic rings. The molecule has 0 amide bonds. The van der Waals surface area contributed by atoms with Gasteiger partial charge in [-0.25, -0.2) is 0 Å². The van der Waals surface area contributed by atoms with Gasteiger partial charge in [-0.05, 0) is 18.9 Å². The van der Waals surface area contributed by atoms with E-state index in [-0.39, 0.29) is 12.5 Å². The maximum absolute atomic E-state index is 10.2. The topological polar surface area (TPSA) is 64.7 Å². The first-order chi connectivity index (χ1) is 8.40. The molecule has 0 heterocycles. The van der Waals surface area contributed by atoms with Crippen LogP contribution in [0.25, 0.3) is 0 Å². The zero-order valence-electron chi connectivity index (χ0n) is 11.6. The van der Waals surface area contributed by atoms with Crippen molar-refractivity contribution < 1.29 is 14.6 Å². The van der Waals surface area contributed by atoms with Crippen molar-refractivity contribution in [2.75, 3.05) is 13.7 Å². The van der Waals surface area contributed by atoms with Gasteiger partial charge in [0.25, 0.3) is 0 Å². The van der Waals surface area contributed by atoms with E-state index in [9.17, 15) is 5.11 Å². The molecule has 0 aliphatic heterocycles. The molecule has 0 saturated carbocycles. The molecule has 1 unspecified atom stereocenters. The second-order valence-electron chi connectivity index (χ2n) is 4.98. The fourth-order valence-corrected chi connectivity index (χ4v) is 1.36. The van der Waals surface area contributed by atoms with Gasteiger partial charge in [0.2, 0.25) is 0 Å². The van der Waals surface area contributed by atoms with Crippen molar-refractivity contribution >= 4 is 0 Å². The molecule has 18 heavy (non-hydrogen) atoms. The molecule has 4 nitrogen and oxygen atoms in total. The summed E-state index contributed by atoms with van der Waals surface area (Å²) in [5, 5.41) is 10.2. The second-order valence-corrected chi connectivity index (χ2v) is 4.98. The monoisotopic (exact) mass is 253 g/mol. The molecule has 0 bridgehead atoms. The van der Waals surface area contributed by atoms with E-state index in [2.05, 4.69) is 0 Å². The van der Waals surface area contributed by atoms with Crippen molar-refractivity contribution in [1.82, 2.24) is 0 Å². The minimum absolute atomic E-state index is 0.115. The molecule has 0 saturated heterocycles. The highest BCUT2D eigenvalue weighted by molar-refractivity contribution is 5.40. The van der Waals surface area contributed by atoms with Crippen LogP contribution >= 0.6 is 0 Å². The van der Waals surface area contributed by atoms with E-state index < -0.39 is 5.60 Å². The molecule has 0 radical (unpaired) electrons. The standard InChI is InChI=1S/C14H23NO3/c1-10(2)14(3,16)9-18-13-7-12(17-4)6-5-11(13)8-15/h5-7,10,16H,8-9,15H2,1-4H3. The van der Waals surface area contributed by atoms with Crippen LogP contribution in [0.4, 0.5) is 0 Å². The smallest absolute Gasteiger partial charge is 0.127 e. The Balaban J connectivity index is 2.83. The molecular weight excluding hydrogens is 230 g/mol. The van der Waals surface area contributed by atoms with Crippen molar-refractivity contribution in [3.05, 3.63) is 23.8 Å². The van der Waals surface area contributed by atoms with Crippen LogP contribution in [0.1, 0.15) is 26.3 Å². The Morgan fingerprint density at radius 2 is 2.06 bits per heavy atom. The van der Waals surface area contributed by atoms with Gasteiger partial charge < -0.3 is 20.3 Å². The van der Waals surface area contributed by atoms with E-state index in [1.807, 2.05) is 26.0 Å². The van der Waals surface area contributed by atoms with Gasteiger partial charge in [-0.1, -0.05) is 19.9 Å². The highest BCUT2D eigenvalue weighted by Gasteiger charge is 2.26. The summed E-state index contributed by atoms with van der Waals surface area (Å²) in [5.41, 5.74) is 5.69. The summed E-state index contributed by atoms with van der Waals surface area (Å²) >= 11 is 0. The number of hydrogen-bond acceptors (Lipinski definition) is 4. The lowest BCUT2D eigenvalue weighted by atomic mass is 9.94. The summed E-state index contributed by atoms with van der Waals surface area (Å²) in [6.07, 6.45) is 0. The number of nitrogens with two attached hydrogens (primary N) is 1. The summed E-state index contributed by atoms with van der Waals surface area (Å²) in [7, 11) is 1.60. The molecule has 3 N–H and O–H groups in total. The fraction of sp³-hybridized carbons (Fsp3) is 0.571. The Labute approximate surface area is 109 Å². The van der Waals surface area contributed by atoms with Crippen LogP contribution in [-0.4, -0.2) is 24.4 Å². The van der Waals surface area contributed by atoms with E-state index >= 15 is 0 Å². The Hall–Kier alpha value is -1.26. The molecule has 0 fully saturated rings. The van der Waals surface area contributed by atoms with Crippen LogP contribution in [-0.2, 0) is 6.54 Å². The van der Waals surface area contributed by atoms with Gasteiger partial charge in [0.05, 0.1) is 12.7 Å². The third-order valence-corrected chi connectivity index (χ3v) is 3.26. The minimum atomic E-state index is -0.866. The summed E-state index contributed by atoms with van der Waals surface area (Å²) in [6.45, 7) is 6.30. The van der Waals surface area contributed by atoms with Crippen LogP contribution in [0.15, 0.2) is 18.2 Å². The lowest BCUT2D eigenvalue weighted by Crippen LogP contribution is -2.38. The molecule has 4 heteroatoms. The summed E-state index contributed by atoms with van der Waals surface area (Å²) < 4.78 is 10.8. The molecule has 0 aromatic heterocycles. The molecule has 1 aromatic carbocycles. The third kappa shape index (κ3) is 3.62. The van der Waals surface area contributed by atoms with Gasteiger partial charge >= 0.3 is 0 Å². The molecule has 0 aliphatic carbocycles. The first kappa shape index (κ1) is 14.8. The number of aliphatic hydroxyl groups is 1. The SMILES string of the molecule is COc1ccc(CN)c(OCC(C)(O)C(C)C)c1. The first-order valence-corrected chi connectivity index (χ1v) is 6.13. The average Bonchev–Trinajstić information content (AvgIpc) is 2.35. The molecule has 102 valence electrons. The van der Waals surface area contributed by atoms with E-state index in [0.29, 0.717) is 18.0 Å². The highest BCUT2D eigenvalue weighted by Crippen LogP contribution is 2.26. The average molecular weight is 253 g/mol. The summed E-state index contributed by atoms with van der Waals surface area (Å²) in [5.74, 6) is 1.49. The first-order valence-electron chi connectivity index (χ1n) is 6.13. The number of ether oxygens (including phenoxy) is 2. The van der Waals surface area contributed by atoms with Crippen LogP contribution < -0.4 is 15.2 Å². The second kappa shape index (κ2) is 6.07. The van der Waals surface area contributed by atoms with Crippen LogP contribution in [0.2, 0.25) is 0 Å². The van der Waals surface area contributed by atoms with Gasteiger partial charge in [0.1, 0.15) is 18.1 Å². The molecule has 1 aromatic rings. The van der Waals surface area contributed by atoms with E-state index in [4.69, 9.17) is 15.2 Å². The zero-order chi connectivity index (χ0) is 13.8. The lowest BCUT2D eigenvalue weighted by Gasteiger charge is -2.28. The third-order valence-electron chi connectivity index (χ3n) is 3.26. The summed E-state index contributed by atoms with van der Waals surface area (Å²) in [4.78, 5) is 0. The summed E-state index contributed by atoms with van der Waals surface area (Å²) in [6, 6.07) is 5.51. The number of methoxy groups -OCH3 is 1. The molecule has 1 atom stereocenters. The van der Waals surface area contributed by atoms with Gasteiger partial charge in [-0.2, -0.15) is 0 Å². The molecule has 0 spiro atoms. The Kier molecular flexibility index (Phi) is 4.99. The van der Waals surface area contributed by atoms with Gasteiger partial charge in [0.15, 0.2) is 0 Å². The Morgan fingerprint density at radius 3 is 2.56 bits per heavy atom. The van der Waals surface area contributed by atoms with Crippen molar-refractivity contribution in [3.8, 4) is 11.5 Å². The van der Waals surface area contributed by atoms with Gasteiger partial charge in [-0.15, -0.1) is 0 Å². The van der Waals surface area contributed by atoms with Crippen molar-refractivity contribution in [1.29, 1.82) is 0 Å². The van der Waals surface area contributed by atoms with Crippen molar-refractivity contribution in [3.63, 3.8) is 0 Å². The van der Waals surface area contributed by atoms with Crippen LogP contribution in [0, 0.1) is 5.92 Å². The van der Waals surface area contributed by atoms with Gasteiger partial charge in [-0.3, -0.25) is 0 Å². The fourth-order valence-electron chi connectivity index (χ4n) is 1.36. The van der Waals surface area contributed by atoms with E-state index in [1.54, 1.807) is 20.1 Å². The zero-order valence-corrected chi connectivity index (χ0v) is 11.6. The van der Waals surface area contributed by atoms with E-state index in [1.165, 1.54) is 0 Å². The maximum Gasteiger partial charge on any atom is 0.127 e. The lowest BCUT2D eigenvalue weighted by molar-refractivity contribution is -0.0269. The highest BCUT2D eigenvalue weighted by atomic mass is 16.5. The van der Waals surface area contributed by atoms with Gasteiger partial charge in [0, 0.05) is 18.2 Å². The Morgan fingerprint density at radius 1 is 1.39 bits per heavy atom. The molecular formula is C14H23NO3. The van der Waals surface area contributed by atoms with E-state index in [0.717, 1.165) is 5.56 Å². The Bertz CT molecular complexity index is 389. The normalized spacial score (nSPS) is 14.4. The predicted molar refractivity (Wildman–Crippen MR) is 71.8 cm³/mol. The number of hydrogen-bond donors (Lipinski definition) is 2. The largest absolute Gasteiger partial charge is 0.497 e. The molecule has 1 rings (SSSR count). The van der Waals surface area contributed by atoms with Crippen molar-refractivity contribution in [2.24, 2.45) is 11.7 Å². The minimum Gasteiger partial charge on any atom is -0.497 e. The van der Waals surface area contributed by atoms with Crippen LogP contribution in [0.3, 0.4) is 0 Å². The number of rotatable bonds is 6. The quantitative estimate of drug-likeness (QED) is 0.813. The van der Waals surface area contributed by atoms with Crippen LogP contribution in [0.5, 0.6) is 11.5 Å². The van der Waals surface area contributed by atoms with Crippen molar-refractivity contribution in [2.45, 2.75) is 32.9 Å². The number of benzene rings is 1. The predicted octanol–water partition coefficient (Wildman–Crippen LogP) is 1.94. The maximum atomic E-state index is 10.2.